The van der Waals surface area contributed by atoms with Gasteiger partial charge in [-0.25, -0.2) is 9.59 Å². The quantitative estimate of drug-likeness (QED) is 0.646. The van der Waals surface area contributed by atoms with Gasteiger partial charge in [0, 0.05) is 4.47 Å². The Hall–Kier alpha value is -1.78. The first-order valence-corrected chi connectivity index (χ1v) is 8.10. The van der Waals surface area contributed by atoms with E-state index < -0.39 is 23.7 Å². The SMILES string of the molecule is COC(=O)C1=C(C(=O)OC)N(c2cc(C(F)(F)F)c(Br)cc2Cl)COC1. The standard InChI is InChI=1S/C15H12BrClF3NO5/c1-24-13(22)7-5-26-6-21(12(7)14(23)25-2)11-3-8(15(18,19)20)9(16)4-10(11)17/h3-4H,5-6H2,1-2H3. The first-order chi connectivity index (χ1) is 12.1. The first-order valence-electron chi connectivity index (χ1n) is 6.93. The molecule has 26 heavy (non-hydrogen) atoms. The topological polar surface area (TPSA) is 65.1 Å². The van der Waals surface area contributed by atoms with E-state index in [1.54, 1.807) is 0 Å². The fourth-order valence-corrected chi connectivity index (χ4v) is 3.26. The van der Waals surface area contributed by atoms with E-state index >= 15 is 0 Å². The van der Waals surface area contributed by atoms with Gasteiger partial charge in [-0.2, -0.15) is 13.2 Å². The molecule has 1 aliphatic rings. The maximum absolute atomic E-state index is 13.2. The Morgan fingerprint density at radius 1 is 1.23 bits per heavy atom. The number of halogens is 5. The first kappa shape index (κ1) is 20.5. The molecule has 142 valence electrons. The van der Waals surface area contributed by atoms with Crippen LogP contribution in [0.1, 0.15) is 5.56 Å². The lowest BCUT2D eigenvalue weighted by Crippen LogP contribution is -2.39. The highest BCUT2D eigenvalue weighted by atomic mass is 79.9. The molecule has 0 fully saturated rings. The summed E-state index contributed by atoms with van der Waals surface area (Å²) in [6, 6.07) is 1.79. The molecule has 0 aliphatic carbocycles. The smallest absolute Gasteiger partial charge is 0.417 e. The van der Waals surface area contributed by atoms with E-state index in [1.165, 1.54) is 0 Å². The molecular weight excluding hydrogens is 447 g/mol. The van der Waals surface area contributed by atoms with Crippen LogP contribution in [-0.2, 0) is 30.0 Å². The molecule has 0 saturated carbocycles. The lowest BCUT2D eigenvalue weighted by Gasteiger charge is -2.32. The third-order valence-corrected chi connectivity index (χ3v) is 4.42. The second-order valence-corrected chi connectivity index (χ2v) is 6.26. The van der Waals surface area contributed by atoms with Crippen molar-refractivity contribution in [2.75, 3.05) is 32.5 Å². The zero-order chi connectivity index (χ0) is 19.6. The average Bonchev–Trinajstić information content (AvgIpc) is 2.58. The van der Waals surface area contributed by atoms with Crippen LogP contribution in [0.4, 0.5) is 18.9 Å². The van der Waals surface area contributed by atoms with Gasteiger partial charge in [0.1, 0.15) is 12.4 Å². The zero-order valence-electron chi connectivity index (χ0n) is 13.4. The molecule has 1 aliphatic heterocycles. The highest BCUT2D eigenvalue weighted by Crippen LogP contribution is 2.42. The molecule has 1 heterocycles. The van der Waals surface area contributed by atoms with Gasteiger partial charge in [0.15, 0.2) is 0 Å². The summed E-state index contributed by atoms with van der Waals surface area (Å²) in [7, 11) is 2.17. The van der Waals surface area contributed by atoms with E-state index in [2.05, 4.69) is 25.4 Å². The van der Waals surface area contributed by atoms with Gasteiger partial charge in [0.05, 0.1) is 42.7 Å². The Kier molecular flexibility index (Phi) is 6.20. The van der Waals surface area contributed by atoms with Gasteiger partial charge in [0.25, 0.3) is 0 Å². The highest BCUT2D eigenvalue weighted by Gasteiger charge is 2.37. The monoisotopic (exact) mass is 457 g/mol. The van der Waals surface area contributed by atoms with Crippen LogP contribution in [0.3, 0.4) is 0 Å². The van der Waals surface area contributed by atoms with E-state index in [4.69, 9.17) is 16.3 Å². The van der Waals surface area contributed by atoms with Crippen LogP contribution in [-0.4, -0.2) is 39.5 Å². The lowest BCUT2D eigenvalue weighted by molar-refractivity contribution is -0.140. The average molecular weight is 459 g/mol. The summed E-state index contributed by atoms with van der Waals surface area (Å²) in [5.41, 5.74) is -1.68. The van der Waals surface area contributed by atoms with E-state index in [1.807, 2.05) is 0 Å². The number of carbonyl (C=O) groups is 2. The Morgan fingerprint density at radius 2 is 1.85 bits per heavy atom. The molecule has 0 atom stereocenters. The van der Waals surface area contributed by atoms with Crippen molar-refractivity contribution < 1.29 is 37.0 Å². The minimum atomic E-state index is -4.67. The van der Waals surface area contributed by atoms with Crippen molar-refractivity contribution in [3.63, 3.8) is 0 Å². The summed E-state index contributed by atoms with van der Waals surface area (Å²) in [6.45, 7) is -0.586. The molecule has 0 saturated heterocycles. The van der Waals surface area contributed by atoms with Gasteiger partial charge in [-0.05, 0) is 12.1 Å². The Labute approximate surface area is 159 Å². The molecule has 0 amide bonds. The third kappa shape index (κ3) is 3.97. The van der Waals surface area contributed by atoms with Crippen LogP contribution < -0.4 is 4.90 Å². The van der Waals surface area contributed by atoms with Crippen LogP contribution in [0.15, 0.2) is 27.9 Å². The number of ether oxygens (including phenoxy) is 3. The molecule has 0 aromatic heterocycles. The van der Waals surface area contributed by atoms with Crippen LogP contribution in [0, 0.1) is 0 Å². The second kappa shape index (κ2) is 7.85. The summed E-state index contributed by atoms with van der Waals surface area (Å²) in [5.74, 6) is -1.82. The van der Waals surface area contributed by atoms with E-state index in [-0.39, 0.29) is 39.8 Å². The second-order valence-electron chi connectivity index (χ2n) is 5.00. The van der Waals surface area contributed by atoms with E-state index in [0.29, 0.717) is 0 Å². The van der Waals surface area contributed by atoms with Crippen molar-refractivity contribution in [3.8, 4) is 0 Å². The van der Waals surface area contributed by atoms with Crippen molar-refractivity contribution in [1.29, 1.82) is 0 Å². The number of carbonyl (C=O) groups excluding carboxylic acids is 2. The molecular formula is C15H12BrClF3NO5. The fraction of sp³-hybridized carbons (Fsp3) is 0.333. The predicted molar refractivity (Wildman–Crippen MR) is 88.5 cm³/mol. The number of methoxy groups -OCH3 is 2. The molecule has 0 N–H and O–H groups in total. The van der Waals surface area contributed by atoms with Gasteiger partial charge < -0.3 is 19.1 Å². The molecule has 2 rings (SSSR count). The van der Waals surface area contributed by atoms with Gasteiger partial charge in [-0.1, -0.05) is 27.5 Å². The number of benzene rings is 1. The Bertz CT molecular complexity index is 781. The predicted octanol–water partition coefficient (Wildman–Crippen LogP) is 3.52. The van der Waals surface area contributed by atoms with Crippen LogP contribution in [0.2, 0.25) is 5.02 Å². The minimum absolute atomic E-state index is 0.0963. The molecule has 0 unspecified atom stereocenters. The number of hydrogen-bond donors (Lipinski definition) is 0. The van der Waals surface area contributed by atoms with E-state index in [9.17, 15) is 22.8 Å². The van der Waals surface area contributed by atoms with Gasteiger partial charge in [-0.3, -0.25) is 0 Å². The van der Waals surface area contributed by atoms with Crippen molar-refractivity contribution >= 4 is 45.2 Å². The maximum Gasteiger partial charge on any atom is 0.417 e. The fourth-order valence-electron chi connectivity index (χ4n) is 2.30. The van der Waals surface area contributed by atoms with Gasteiger partial charge in [0.2, 0.25) is 0 Å². The number of nitrogens with zero attached hydrogens (tertiary/aromatic N) is 1. The number of alkyl halides is 3. The van der Waals surface area contributed by atoms with Crippen LogP contribution >= 0.6 is 27.5 Å². The normalized spacial score (nSPS) is 15.1. The number of hydrogen-bond acceptors (Lipinski definition) is 6. The zero-order valence-corrected chi connectivity index (χ0v) is 15.8. The van der Waals surface area contributed by atoms with Crippen molar-refractivity contribution in [3.05, 3.63) is 38.5 Å². The van der Waals surface area contributed by atoms with Crippen LogP contribution in [0.25, 0.3) is 0 Å². The van der Waals surface area contributed by atoms with Gasteiger partial charge in [-0.15, -0.1) is 0 Å². The minimum Gasteiger partial charge on any atom is -0.466 e. The molecule has 1 aromatic carbocycles. The summed E-state index contributed by atoms with van der Waals surface area (Å²) >= 11 is 8.89. The number of esters is 2. The Morgan fingerprint density at radius 3 is 2.38 bits per heavy atom. The summed E-state index contributed by atoms with van der Waals surface area (Å²) in [5, 5.41) is -0.0963. The summed E-state index contributed by atoms with van der Waals surface area (Å²) in [4.78, 5) is 25.1. The van der Waals surface area contributed by atoms with Crippen molar-refractivity contribution in [2.24, 2.45) is 0 Å². The maximum atomic E-state index is 13.2. The van der Waals surface area contributed by atoms with Crippen molar-refractivity contribution in [1.82, 2.24) is 0 Å². The third-order valence-electron chi connectivity index (χ3n) is 3.47. The number of anilines is 1. The molecule has 11 heteroatoms. The summed E-state index contributed by atoms with van der Waals surface area (Å²) in [6.07, 6.45) is -4.67. The van der Waals surface area contributed by atoms with Crippen LogP contribution in [0.5, 0.6) is 0 Å². The molecule has 0 radical (unpaired) electrons. The molecule has 0 bridgehead atoms. The summed E-state index contributed by atoms with van der Waals surface area (Å²) < 4.78 is 53.8. The van der Waals surface area contributed by atoms with Crippen molar-refractivity contribution in [2.45, 2.75) is 6.18 Å². The molecule has 1 aromatic rings. The molecule has 6 nitrogen and oxygen atoms in total. The number of rotatable bonds is 3. The van der Waals surface area contributed by atoms with E-state index in [0.717, 1.165) is 31.3 Å². The Balaban J connectivity index is 2.69. The van der Waals surface area contributed by atoms with Gasteiger partial charge >= 0.3 is 18.1 Å². The molecule has 0 spiro atoms. The lowest BCUT2D eigenvalue weighted by atomic mass is 10.1. The largest absolute Gasteiger partial charge is 0.466 e. The highest BCUT2D eigenvalue weighted by molar-refractivity contribution is 9.10.